The Morgan fingerprint density at radius 2 is 1.61 bits per heavy atom. The SMILES string of the molecule is CC(=O)O[C@@H]1[C@@H](C)OC(c2ccc3c(c2O)[C@H](O)[C@]24O[C@@]2(C3=O)[C@@]2(O)C(=O)C=C(C)C[C@@]2(O)C[C@@H]4O)C[C@H]1OC(=O)/C=C/C=C/C=C/C=C/C(=O)Nc1c(O)c2ccc(O)c(Cl)c2oc1=O. The number of phenols is 2. The van der Waals surface area contributed by atoms with E-state index in [1.54, 1.807) is 6.92 Å². The first-order valence-corrected chi connectivity index (χ1v) is 20.8. The van der Waals surface area contributed by atoms with E-state index in [1.165, 1.54) is 67.6 Å². The Balaban J connectivity index is 0.943. The maximum absolute atomic E-state index is 14.4. The van der Waals surface area contributed by atoms with Gasteiger partial charge in [-0.2, -0.15) is 0 Å². The van der Waals surface area contributed by atoms with Crippen LogP contribution >= 0.6 is 11.6 Å². The van der Waals surface area contributed by atoms with Gasteiger partial charge in [0, 0.05) is 55.0 Å². The summed E-state index contributed by atoms with van der Waals surface area (Å²) in [6.07, 6.45) is 2.51. The fourth-order valence-corrected chi connectivity index (χ4v) is 9.99. The minimum atomic E-state index is -2.88. The number of esters is 2. The number of fused-ring (bicyclic) bond motifs is 3. The summed E-state index contributed by atoms with van der Waals surface area (Å²) in [5.41, 5.74) is -12.3. The predicted molar refractivity (Wildman–Crippen MR) is 227 cm³/mol. The van der Waals surface area contributed by atoms with E-state index < -0.39 is 118 Å². The number of benzene rings is 2. The highest BCUT2D eigenvalue weighted by molar-refractivity contribution is 6.36. The van der Waals surface area contributed by atoms with Crippen LogP contribution in [0, 0.1) is 0 Å². The van der Waals surface area contributed by atoms with Gasteiger partial charge in [-0.25, -0.2) is 9.59 Å². The smallest absolute Gasteiger partial charge is 0.364 e. The zero-order valence-corrected chi connectivity index (χ0v) is 35.8. The molecular formula is C46H42ClNO18. The molecule has 10 atom stereocenters. The summed E-state index contributed by atoms with van der Waals surface area (Å²) in [4.78, 5) is 77.7. The minimum Gasteiger partial charge on any atom is -0.507 e. The van der Waals surface area contributed by atoms with Crippen molar-refractivity contribution in [2.45, 2.75) is 99.1 Å². The van der Waals surface area contributed by atoms with Crippen LogP contribution in [0.25, 0.3) is 11.0 Å². The number of allylic oxidation sites excluding steroid dienone is 6. The second-order valence-corrected chi connectivity index (χ2v) is 17.1. The molecule has 20 heteroatoms. The van der Waals surface area contributed by atoms with Gasteiger partial charge in [0.1, 0.15) is 34.3 Å². The van der Waals surface area contributed by atoms with Gasteiger partial charge in [0.2, 0.25) is 17.3 Å². The minimum absolute atomic E-state index is 0.00805. The third-order valence-electron chi connectivity index (χ3n) is 12.7. The lowest BCUT2D eigenvalue weighted by Gasteiger charge is -2.54. The Morgan fingerprint density at radius 3 is 2.30 bits per heavy atom. The van der Waals surface area contributed by atoms with E-state index in [0.29, 0.717) is 5.57 Å². The molecule has 2 saturated heterocycles. The molecule has 1 amide bonds. The summed E-state index contributed by atoms with van der Waals surface area (Å²) in [6.45, 7) is 4.23. The number of carbonyl (C=O) groups excluding carboxylic acids is 5. The number of halogens is 1. The molecule has 0 bridgehead atoms. The average Bonchev–Trinajstić information content (AvgIpc) is 3.98. The molecule has 8 N–H and O–H groups in total. The van der Waals surface area contributed by atoms with Crippen LogP contribution < -0.4 is 10.9 Å². The van der Waals surface area contributed by atoms with Gasteiger partial charge in [0.25, 0.3) is 0 Å². The van der Waals surface area contributed by atoms with Gasteiger partial charge in [-0.15, -0.1) is 0 Å². The maximum Gasteiger partial charge on any atom is 0.364 e. The summed E-state index contributed by atoms with van der Waals surface area (Å²) in [7, 11) is 0. The molecule has 3 heterocycles. The number of hydrogen-bond donors (Lipinski definition) is 8. The molecular weight excluding hydrogens is 890 g/mol. The average molecular weight is 932 g/mol. The van der Waals surface area contributed by atoms with Gasteiger partial charge in [-0.3, -0.25) is 19.2 Å². The molecule has 1 unspecified atom stereocenters. The third-order valence-corrected chi connectivity index (χ3v) is 13.0. The summed E-state index contributed by atoms with van der Waals surface area (Å²) in [6, 6.07) is 4.95. The fraction of sp³-hybridized carbons (Fsp3) is 0.348. The first-order valence-electron chi connectivity index (χ1n) is 20.5. The Bertz CT molecular complexity index is 2840. The van der Waals surface area contributed by atoms with Crippen molar-refractivity contribution in [1.29, 1.82) is 0 Å². The van der Waals surface area contributed by atoms with E-state index in [9.17, 15) is 64.5 Å². The van der Waals surface area contributed by atoms with E-state index in [4.69, 9.17) is 35.0 Å². The molecule has 5 aliphatic rings. The van der Waals surface area contributed by atoms with Crippen LogP contribution in [0.2, 0.25) is 5.02 Å². The molecule has 1 aromatic heterocycles. The van der Waals surface area contributed by atoms with Crippen LogP contribution in [0.15, 0.2) is 93.7 Å². The summed E-state index contributed by atoms with van der Waals surface area (Å²) in [5, 5.41) is 80.8. The number of phenolic OH excluding ortho intramolecular Hbond substituents is 2. The number of ether oxygens (including phenoxy) is 4. The normalized spacial score (nSPS) is 32.5. The van der Waals surface area contributed by atoms with Crippen molar-refractivity contribution in [1.82, 2.24) is 0 Å². The Kier molecular flexibility index (Phi) is 11.5. The zero-order valence-electron chi connectivity index (χ0n) is 35.1. The number of anilines is 1. The van der Waals surface area contributed by atoms with E-state index in [-0.39, 0.29) is 51.3 Å². The molecule has 0 spiro atoms. The number of ketones is 2. The number of carbonyl (C=O) groups is 5. The van der Waals surface area contributed by atoms with Crippen LogP contribution in [0.3, 0.4) is 0 Å². The number of aliphatic hydroxyl groups excluding tert-OH is 2. The number of Topliss-reactive ketones (excluding diaryl/α,β-unsaturated/α-hetero) is 1. The van der Waals surface area contributed by atoms with Crippen molar-refractivity contribution in [3.63, 3.8) is 0 Å². The van der Waals surface area contributed by atoms with E-state index >= 15 is 0 Å². The third kappa shape index (κ3) is 6.88. The highest BCUT2D eigenvalue weighted by atomic mass is 35.5. The van der Waals surface area contributed by atoms with Gasteiger partial charge in [0.05, 0.1) is 23.7 Å². The Hall–Kier alpha value is -6.45. The largest absolute Gasteiger partial charge is 0.507 e. The van der Waals surface area contributed by atoms with Crippen LogP contribution in [-0.2, 0) is 38.1 Å². The number of amides is 1. The number of aliphatic hydroxyl groups is 4. The first kappa shape index (κ1) is 46.1. The predicted octanol–water partition coefficient (Wildman–Crippen LogP) is 3.00. The van der Waals surface area contributed by atoms with Crippen molar-refractivity contribution in [3.05, 3.63) is 117 Å². The van der Waals surface area contributed by atoms with Crippen LogP contribution in [-0.4, -0.2) is 112 Å². The first-order chi connectivity index (χ1) is 31.1. The fourth-order valence-electron chi connectivity index (χ4n) is 9.78. The number of hydrogen-bond acceptors (Lipinski definition) is 18. The van der Waals surface area contributed by atoms with E-state index in [2.05, 4.69) is 5.32 Å². The van der Waals surface area contributed by atoms with Gasteiger partial charge in [-0.05, 0) is 32.1 Å². The molecule has 3 aliphatic carbocycles. The number of epoxide rings is 1. The van der Waals surface area contributed by atoms with E-state index in [1.807, 2.05) is 0 Å². The molecule has 8 rings (SSSR count). The highest BCUT2D eigenvalue weighted by Crippen LogP contribution is 2.74. The summed E-state index contributed by atoms with van der Waals surface area (Å²) >= 11 is 5.94. The van der Waals surface area contributed by atoms with Crippen molar-refractivity contribution in [2.75, 3.05) is 5.32 Å². The monoisotopic (exact) mass is 931 g/mol. The second kappa shape index (κ2) is 16.5. The summed E-state index contributed by atoms with van der Waals surface area (Å²) < 4.78 is 28.2. The molecule has 2 aromatic carbocycles. The molecule has 19 nitrogen and oxygen atoms in total. The molecule has 66 heavy (non-hydrogen) atoms. The number of nitrogens with one attached hydrogen (secondary N) is 1. The highest BCUT2D eigenvalue weighted by Gasteiger charge is 2.96. The summed E-state index contributed by atoms with van der Waals surface area (Å²) in [5.74, 6) is -6.08. The lowest BCUT2D eigenvalue weighted by Crippen LogP contribution is -2.78. The molecule has 1 saturated carbocycles. The molecule has 2 aliphatic heterocycles. The molecule has 0 radical (unpaired) electrons. The van der Waals surface area contributed by atoms with Gasteiger partial charge in [0.15, 0.2) is 40.1 Å². The second-order valence-electron chi connectivity index (χ2n) is 16.7. The van der Waals surface area contributed by atoms with Gasteiger partial charge < -0.3 is 64.4 Å². The number of rotatable bonds is 9. The lowest BCUT2D eigenvalue weighted by atomic mass is 9.50. The molecule has 3 fully saturated rings. The Labute approximate surface area is 378 Å². The molecule has 3 aromatic rings. The standard InChI is InChI=1S/C46H42ClNO18/c1-20-16-29(51)45(61)43(60,18-20)19-30(52)44-41(58)33-24(40(57)46(44,45)66-44)13-12-23(36(33)55)27-17-28(38(21(2)62-27)63-22(3)49)64-32(54)11-9-7-5-4-6-8-10-31(53)48-35-37(56)25-14-15-26(50)34(47)39(25)65-42(35)59/h4-16,21,27-28,30,38,41,50,52,55-56,58,60-61H,17-19H2,1-3H3,(H,48,53)/b6-4+,7-5+,10-8+,11-9+/t21-,27?,28-,30+,38-,41+,43-,44+,45-,46-/m1/s1. The quantitative estimate of drug-likeness (QED) is 0.0503. The maximum atomic E-state index is 14.4. The van der Waals surface area contributed by atoms with Crippen LogP contribution in [0.4, 0.5) is 5.69 Å². The van der Waals surface area contributed by atoms with Crippen molar-refractivity contribution in [3.8, 4) is 17.2 Å². The van der Waals surface area contributed by atoms with Crippen molar-refractivity contribution < 1.29 is 83.1 Å². The Morgan fingerprint density at radius 1 is 0.924 bits per heavy atom. The van der Waals surface area contributed by atoms with Crippen molar-refractivity contribution in [2.24, 2.45) is 0 Å². The zero-order chi connectivity index (χ0) is 47.8. The van der Waals surface area contributed by atoms with Gasteiger partial charge >= 0.3 is 17.6 Å². The lowest BCUT2D eigenvalue weighted by molar-refractivity contribution is -0.210. The topological polar surface area (TPSA) is 309 Å². The van der Waals surface area contributed by atoms with Crippen LogP contribution in [0.1, 0.15) is 73.7 Å². The van der Waals surface area contributed by atoms with Crippen LogP contribution in [0.5, 0.6) is 17.2 Å². The number of aromatic hydroxyl groups is 3. The van der Waals surface area contributed by atoms with E-state index in [0.717, 1.165) is 25.2 Å². The van der Waals surface area contributed by atoms with Crippen molar-refractivity contribution >= 4 is 57.7 Å². The van der Waals surface area contributed by atoms with Gasteiger partial charge in [-0.1, -0.05) is 65.8 Å². The molecule has 346 valence electrons.